The van der Waals surface area contributed by atoms with Crippen molar-refractivity contribution in [2.75, 3.05) is 0 Å². The van der Waals surface area contributed by atoms with E-state index in [-0.39, 0.29) is 0 Å². The summed E-state index contributed by atoms with van der Waals surface area (Å²) in [6.45, 7) is 3.95. The Balaban J connectivity index is 2.59. The summed E-state index contributed by atoms with van der Waals surface area (Å²) in [4.78, 5) is 14.7. The maximum Gasteiger partial charge on any atom is 0.155 e. The molecule has 2 aromatic heterocycles. The number of hydrogen-bond acceptors (Lipinski definition) is 3. The maximum absolute atomic E-state index is 10.3. The summed E-state index contributed by atoms with van der Waals surface area (Å²) in [6, 6.07) is 1.83. The summed E-state index contributed by atoms with van der Waals surface area (Å²) >= 11 is 0. The first-order chi connectivity index (χ1) is 6.70. The highest BCUT2D eigenvalue weighted by Gasteiger charge is 2.03. The van der Waals surface area contributed by atoms with Gasteiger partial charge >= 0.3 is 0 Å². The highest BCUT2D eigenvalue weighted by Crippen LogP contribution is 2.08. The minimum absolute atomic E-state index is 0.349. The van der Waals surface area contributed by atoms with Gasteiger partial charge in [0.1, 0.15) is 6.29 Å². The summed E-state index contributed by atoms with van der Waals surface area (Å²) in [5.74, 6) is 0. The number of aldehydes is 1. The lowest BCUT2D eigenvalue weighted by atomic mass is 10.3. The molecule has 0 aliphatic carbocycles. The van der Waals surface area contributed by atoms with Gasteiger partial charge < -0.3 is 4.79 Å². The number of carbonyl (C=O) groups is 1. The average Bonchev–Trinajstić information content (AvgIpc) is 2.48. The van der Waals surface area contributed by atoms with Crippen LogP contribution in [0.15, 0.2) is 12.3 Å². The molecular formula is C10H11N3O. The Morgan fingerprint density at radius 3 is 3.00 bits per heavy atom. The van der Waals surface area contributed by atoms with E-state index in [9.17, 15) is 4.79 Å². The summed E-state index contributed by atoms with van der Waals surface area (Å²) in [7, 11) is 0. The van der Waals surface area contributed by atoms with E-state index in [0.717, 1.165) is 28.9 Å². The summed E-state index contributed by atoms with van der Waals surface area (Å²) in [5.41, 5.74) is 3.65. The van der Waals surface area contributed by atoms with Crippen molar-refractivity contribution in [3.05, 3.63) is 29.2 Å². The van der Waals surface area contributed by atoms with Crippen molar-refractivity contribution >= 4 is 11.9 Å². The first-order valence-electron chi connectivity index (χ1n) is 4.47. The molecule has 4 nitrogen and oxygen atoms in total. The van der Waals surface area contributed by atoms with Gasteiger partial charge in [-0.3, -0.25) is 0 Å². The van der Waals surface area contributed by atoms with Crippen molar-refractivity contribution in [1.29, 1.82) is 0 Å². The van der Waals surface area contributed by atoms with Gasteiger partial charge in [0.2, 0.25) is 0 Å². The van der Waals surface area contributed by atoms with Crippen LogP contribution in [0.2, 0.25) is 0 Å². The lowest BCUT2D eigenvalue weighted by Crippen LogP contribution is -1.95. The number of fused-ring (bicyclic) bond motifs is 1. The second kappa shape index (κ2) is 3.21. The Kier molecular flexibility index (Phi) is 2.04. The first kappa shape index (κ1) is 8.87. The third-order valence-corrected chi connectivity index (χ3v) is 2.23. The molecule has 2 heterocycles. The third-order valence-electron chi connectivity index (χ3n) is 2.23. The van der Waals surface area contributed by atoms with Crippen molar-refractivity contribution in [2.24, 2.45) is 0 Å². The fourth-order valence-electron chi connectivity index (χ4n) is 1.33. The van der Waals surface area contributed by atoms with E-state index in [4.69, 9.17) is 0 Å². The molecule has 4 heteroatoms. The number of aromatic nitrogens is 3. The van der Waals surface area contributed by atoms with E-state index >= 15 is 0 Å². The Morgan fingerprint density at radius 1 is 1.50 bits per heavy atom. The van der Waals surface area contributed by atoms with E-state index in [1.807, 2.05) is 26.1 Å². The topological polar surface area (TPSA) is 47.3 Å². The predicted molar refractivity (Wildman–Crippen MR) is 52.2 cm³/mol. The Hall–Kier alpha value is -1.71. The molecule has 0 aromatic carbocycles. The van der Waals surface area contributed by atoms with Crippen LogP contribution in [0.4, 0.5) is 0 Å². The van der Waals surface area contributed by atoms with Gasteiger partial charge in [0.25, 0.3) is 0 Å². The molecular weight excluding hydrogens is 178 g/mol. The predicted octanol–water partition coefficient (Wildman–Crippen LogP) is 1.09. The molecule has 0 aliphatic heterocycles. The smallest absolute Gasteiger partial charge is 0.155 e. The number of carbonyl (C=O) groups excluding carboxylic acids is 1. The van der Waals surface area contributed by atoms with Gasteiger partial charge in [0.15, 0.2) is 5.65 Å². The fraction of sp³-hybridized carbons (Fsp3) is 0.300. The molecule has 72 valence electrons. The average molecular weight is 189 g/mol. The van der Waals surface area contributed by atoms with Gasteiger partial charge in [0, 0.05) is 24.4 Å². The summed E-state index contributed by atoms with van der Waals surface area (Å²) in [5, 5.41) is 4.23. The van der Waals surface area contributed by atoms with E-state index in [1.54, 1.807) is 4.52 Å². The normalized spacial score (nSPS) is 10.7. The van der Waals surface area contributed by atoms with Gasteiger partial charge in [-0.25, -0.2) is 9.50 Å². The molecule has 0 bridgehead atoms. The highest BCUT2D eigenvalue weighted by atomic mass is 16.1. The zero-order valence-electron chi connectivity index (χ0n) is 8.19. The summed E-state index contributed by atoms with van der Waals surface area (Å²) < 4.78 is 1.71. The number of aryl methyl sites for hydroxylation is 2. The Bertz CT molecular complexity index is 448. The monoisotopic (exact) mass is 189 g/mol. The number of nitrogens with zero attached hydrogens (tertiary/aromatic N) is 3. The molecule has 0 saturated carbocycles. The molecule has 0 radical (unpaired) electrons. The molecule has 0 saturated heterocycles. The van der Waals surface area contributed by atoms with Crippen LogP contribution >= 0.6 is 0 Å². The number of rotatable bonds is 2. The lowest BCUT2D eigenvalue weighted by Gasteiger charge is -1.98. The minimum atomic E-state index is 0.349. The van der Waals surface area contributed by atoms with Crippen molar-refractivity contribution < 1.29 is 4.79 Å². The molecule has 0 aliphatic rings. The standard InChI is InChI=1S/C10H11N3O/c1-7-6-13-10(11-8(7)2)5-9(12-13)3-4-14/h4-6H,3H2,1-2H3. The Morgan fingerprint density at radius 2 is 2.29 bits per heavy atom. The van der Waals surface area contributed by atoms with Gasteiger partial charge in [0.05, 0.1) is 5.69 Å². The molecule has 0 fully saturated rings. The molecule has 0 spiro atoms. The van der Waals surface area contributed by atoms with Crippen LogP contribution in [0.1, 0.15) is 17.0 Å². The third kappa shape index (κ3) is 1.39. The van der Waals surface area contributed by atoms with Crippen LogP contribution in [0, 0.1) is 13.8 Å². The van der Waals surface area contributed by atoms with Gasteiger partial charge in [-0.05, 0) is 19.4 Å². The van der Waals surface area contributed by atoms with Gasteiger partial charge in [-0.1, -0.05) is 0 Å². The second-order valence-corrected chi connectivity index (χ2v) is 3.32. The van der Waals surface area contributed by atoms with Gasteiger partial charge in [-0.2, -0.15) is 5.10 Å². The molecule has 0 amide bonds. The zero-order valence-corrected chi connectivity index (χ0v) is 8.19. The minimum Gasteiger partial charge on any atom is -0.303 e. The molecule has 2 aromatic rings. The van der Waals surface area contributed by atoms with Crippen LogP contribution in [0.25, 0.3) is 5.65 Å². The molecule has 0 N–H and O–H groups in total. The second-order valence-electron chi connectivity index (χ2n) is 3.32. The zero-order chi connectivity index (χ0) is 10.1. The lowest BCUT2D eigenvalue weighted by molar-refractivity contribution is -0.107. The SMILES string of the molecule is Cc1cn2nc(CC=O)cc2nc1C. The van der Waals surface area contributed by atoms with E-state index in [1.165, 1.54) is 0 Å². The first-order valence-corrected chi connectivity index (χ1v) is 4.47. The van der Waals surface area contributed by atoms with E-state index in [0.29, 0.717) is 6.42 Å². The maximum atomic E-state index is 10.3. The van der Waals surface area contributed by atoms with Crippen molar-refractivity contribution in [3.63, 3.8) is 0 Å². The van der Waals surface area contributed by atoms with Crippen molar-refractivity contribution in [2.45, 2.75) is 20.3 Å². The highest BCUT2D eigenvalue weighted by molar-refractivity contribution is 5.55. The van der Waals surface area contributed by atoms with Crippen LogP contribution < -0.4 is 0 Å². The molecule has 14 heavy (non-hydrogen) atoms. The fourth-order valence-corrected chi connectivity index (χ4v) is 1.33. The van der Waals surface area contributed by atoms with Crippen LogP contribution in [-0.4, -0.2) is 20.9 Å². The molecule has 2 rings (SSSR count). The Labute approximate surface area is 81.6 Å². The summed E-state index contributed by atoms with van der Waals surface area (Å²) in [6.07, 6.45) is 3.12. The number of hydrogen-bond donors (Lipinski definition) is 0. The molecule has 0 atom stereocenters. The van der Waals surface area contributed by atoms with E-state index < -0.39 is 0 Å². The van der Waals surface area contributed by atoms with Crippen LogP contribution in [0.3, 0.4) is 0 Å². The van der Waals surface area contributed by atoms with Crippen LogP contribution in [0.5, 0.6) is 0 Å². The van der Waals surface area contributed by atoms with Crippen molar-refractivity contribution in [1.82, 2.24) is 14.6 Å². The van der Waals surface area contributed by atoms with Crippen LogP contribution in [-0.2, 0) is 11.2 Å². The molecule has 0 unspecified atom stereocenters. The largest absolute Gasteiger partial charge is 0.303 e. The van der Waals surface area contributed by atoms with Gasteiger partial charge in [-0.15, -0.1) is 0 Å². The quantitative estimate of drug-likeness (QED) is 0.664. The van der Waals surface area contributed by atoms with E-state index in [2.05, 4.69) is 10.1 Å². The van der Waals surface area contributed by atoms with Crippen molar-refractivity contribution in [3.8, 4) is 0 Å².